The Morgan fingerprint density at radius 1 is 1.06 bits per heavy atom. The van der Waals surface area contributed by atoms with Gasteiger partial charge >= 0.3 is 0 Å². The molecule has 1 fully saturated rings. The Kier molecular flexibility index (Phi) is 4.82. The van der Waals surface area contributed by atoms with Gasteiger partial charge < -0.3 is 0 Å². The number of rotatable bonds is 4. The predicted octanol–water partition coefficient (Wildman–Crippen LogP) is 6.49. The van der Waals surface area contributed by atoms with Crippen LogP contribution >= 0.6 is 0 Å². The third kappa shape index (κ3) is 3.28. The maximum absolute atomic E-state index is 13.4. The molecular formula is C28H29N3O. The summed E-state index contributed by atoms with van der Waals surface area (Å²) in [6.45, 7) is 8.38. The van der Waals surface area contributed by atoms with Crippen molar-refractivity contribution in [2.24, 2.45) is 5.41 Å². The largest absolute Gasteiger partial charge is 0.294 e. The molecule has 0 bridgehead atoms. The van der Waals surface area contributed by atoms with E-state index in [1.807, 2.05) is 24.6 Å². The molecule has 162 valence electrons. The van der Waals surface area contributed by atoms with E-state index in [2.05, 4.69) is 68.4 Å². The minimum atomic E-state index is -0.422. The summed E-state index contributed by atoms with van der Waals surface area (Å²) in [6, 6.07) is 21.3. The zero-order valence-corrected chi connectivity index (χ0v) is 19.2. The van der Waals surface area contributed by atoms with Crippen LogP contribution in [0.5, 0.6) is 0 Å². The molecule has 0 saturated heterocycles. The Bertz CT molecular complexity index is 1210. The summed E-state index contributed by atoms with van der Waals surface area (Å²) in [5.41, 5.74) is 5.40. The smallest absolute Gasteiger partial charge is 0.167 e. The molecule has 2 aliphatic carbocycles. The zero-order chi connectivity index (χ0) is 22.6. The Balaban J connectivity index is 1.65. The summed E-state index contributed by atoms with van der Waals surface area (Å²) >= 11 is 0. The number of benzene rings is 2. The standard InChI is InChI=1S/C28H29N3O/c1-17(2)18-10-12-20(13-11-18)31-27-23(16-29)28(3,4)15-24(32)25(27)26(30-31)22-14-21(22)19-8-6-5-7-9-19/h5-13,17,21-23H,14-15H2,1-4H3/t21-,22+,23?/m0/s1. The number of fused-ring (bicyclic) bond motifs is 1. The van der Waals surface area contributed by atoms with Gasteiger partial charge in [-0.25, -0.2) is 4.68 Å². The Labute approximate surface area is 189 Å². The number of nitrogens with zero attached hydrogens (tertiary/aromatic N) is 3. The molecule has 1 unspecified atom stereocenters. The van der Waals surface area contributed by atoms with Gasteiger partial charge in [0.25, 0.3) is 0 Å². The molecule has 1 aromatic heterocycles. The van der Waals surface area contributed by atoms with E-state index in [1.54, 1.807) is 0 Å². The second-order valence-electron chi connectivity index (χ2n) is 10.3. The van der Waals surface area contributed by atoms with Gasteiger partial charge in [0.2, 0.25) is 0 Å². The first-order valence-electron chi connectivity index (χ1n) is 11.5. The Hall–Kier alpha value is -3.19. The van der Waals surface area contributed by atoms with E-state index in [4.69, 9.17) is 5.10 Å². The topological polar surface area (TPSA) is 58.7 Å². The van der Waals surface area contributed by atoms with E-state index in [-0.39, 0.29) is 17.6 Å². The van der Waals surface area contributed by atoms with Crippen LogP contribution in [-0.2, 0) is 0 Å². The third-order valence-corrected chi connectivity index (χ3v) is 7.20. The summed E-state index contributed by atoms with van der Waals surface area (Å²) in [4.78, 5) is 13.4. The number of aromatic nitrogens is 2. The fraction of sp³-hybridized carbons (Fsp3) is 0.393. The molecule has 1 saturated carbocycles. The van der Waals surface area contributed by atoms with Crippen molar-refractivity contribution in [1.29, 1.82) is 5.26 Å². The molecule has 0 spiro atoms. The fourth-order valence-corrected chi connectivity index (χ4v) is 5.23. The van der Waals surface area contributed by atoms with Crippen molar-refractivity contribution in [3.05, 3.63) is 82.7 Å². The van der Waals surface area contributed by atoms with Gasteiger partial charge in [-0.3, -0.25) is 4.79 Å². The van der Waals surface area contributed by atoms with E-state index >= 15 is 0 Å². The summed E-state index contributed by atoms with van der Waals surface area (Å²) in [7, 11) is 0. The number of hydrogen-bond acceptors (Lipinski definition) is 3. The first-order chi connectivity index (χ1) is 15.3. The number of carbonyl (C=O) groups is 1. The van der Waals surface area contributed by atoms with Crippen LogP contribution in [0.4, 0.5) is 0 Å². The molecule has 0 N–H and O–H groups in total. The van der Waals surface area contributed by atoms with Gasteiger partial charge in [-0.2, -0.15) is 10.4 Å². The van der Waals surface area contributed by atoms with Crippen LogP contribution in [-0.4, -0.2) is 15.6 Å². The van der Waals surface area contributed by atoms with Crippen LogP contribution in [0.2, 0.25) is 0 Å². The summed E-state index contributed by atoms with van der Waals surface area (Å²) in [6.07, 6.45) is 1.37. The highest BCUT2D eigenvalue weighted by molar-refractivity contribution is 6.01. The lowest BCUT2D eigenvalue weighted by Gasteiger charge is -2.34. The number of carbonyl (C=O) groups excluding carboxylic acids is 1. The van der Waals surface area contributed by atoms with Crippen molar-refractivity contribution in [3.8, 4) is 11.8 Å². The third-order valence-electron chi connectivity index (χ3n) is 7.20. The zero-order valence-electron chi connectivity index (χ0n) is 19.2. The van der Waals surface area contributed by atoms with Gasteiger partial charge in [-0.15, -0.1) is 0 Å². The van der Waals surface area contributed by atoms with Crippen LogP contribution in [0.15, 0.2) is 54.6 Å². The predicted molar refractivity (Wildman–Crippen MR) is 125 cm³/mol. The molecule has 1 heterocycles. The van der Waals surface area contributed by atoms with Crippen molar-refractivity contribution in [2.45, 2.75) is 64.2 Å². The number of Topliss-reactive ketones (excluding diaryl/α,β-unsaturated/α-hetero) is 1. The molecule has 3 aromatic rings. The van der Waals surface area contributed by atoms with E-state index in [0.717, 1.165) is 23.5 Å². The molecule has 0 radical (unpaired) electrons. The number of ketones is 1. The number of hydrogen-bond donors (Lipinski definition) is 0. The molecule has 3 atom stereocenters. The second-order valence-corrected chi connectivity index (χ2v) is 10.3. The molecule has 0 amide bonds. The maximum Gasteiger partial charge on any atom is 0.167 e. The molecule has 5 rings (SSSR count). The SMILES string of the molecule is CC(C)c1ccc(-n2nc([C@@H]3C[C@H]3c3ccccc3)c3c2C(C#N)C(C)(C)CC3=O)cc1. The van der Waals surface area contributed by atoms with Crippen LogP contribution < -0.4 is 0 Å². The van der Waals surface area contributed by atoms with Crippen molar-refractivity contribution >= 4 is 5.78 Å². The highest BCUT2D eigenvalue weighted by atomic mass is 16.1. The molecular weight excluding hydrogens is 394 g/mol. The molecule has 32 heavy (non-hydrogen) atoms. The molecule has 0 aliphatic heterocycles. The first kappa shape index (κ1) is 20.7. The van der Waals surface area contributed by atoms with Crippen LogP contribution in [0.25, 0.3) is 5.69 Å². The Morgan fingerprint density at radius 3 is 2.38 bits per heavy atom. The highest BCUT2D eigenvalue weighted by Crippen LogP contribution is 2.57. The van der Waals surface area contributed by atoms with Gasteiger partial charge in [0.1, 0.15) is 0 Å². The fourth-order valence-electron chi connectivity index (χ4n) is 5.23. The molecule has 4 nitrogen and oxygen atoms in total. The van der Waals surface area contributed by atoms with E-state index in [0.29, 0.717) is 23.8 Å². The van der Waals surface area contributed by atoms with E-state index in [1.165, 1.54) is 11.1 Å². The minimum absolute atomic E-state index is 0.121. The summed E-state index contributed by atoms with van der Waals surface area (Å²) < 4.78 is 1.89. The Morgan fingerprint density at radius 2 is 1.75 bits per heavy atom. The minimum Gasteiger partial charge on any atom is -0.294 e. The first-order valence-corrected chi connectivity index (χ1v) is 11.5. The van der Waals surface area contributed by atoms with Crippen LogP contribution in [0.3, 0.4) is 0 Å². The molecule has 2 aliphatic rings. The lowest BCUT2D eigenvalue weighted by atomic mass is 9.68. The average Bonchev–Trinajstić information content (AvgIpc) is 3.47. The summed E-state index contributed by atoms with van der Waals surface area (Å²) in [5, 5.41) is 15.2. The van der Waals surface area contributed by atoms with Crippen molar-refractivity contribution in [1.82, 2.24) is 9.78 Å². The van der Waals surface area contributed by atoms with E-state index < -0.39 is 5.41 Å². The lowest BCUT2D eigenvalue weighted by Crippen LogP contribution is -2.32. The lowest BCUT2D eigenvalue weighted by molar-refractivity contribution is 0.0898. The van der Waals surface area contributed by atoms with Gasteiger partial charge in [0.15, 0.2) is 5.78 Å². The highest BCUT2D eigenvalue weighted by Gasteiger charge is 2.50. The van der Waals surface area contributed by atoms with Crippen molar-refractivity contribution < 1.29 is 4.79 Å². The van der Waals surface area contributed by atoms with Crippen LogP contribution in [0, 0.1) is 16.7 Å². The second kappa shape index (κ2) is 7.45. The van der Waals surface area contributed by atoms with Gasteiger partial charge in [-0.1, -0.05) is 70.2 Å². The maximum atomic E-state index is 13.4. The van der Waals surface area contributed by atoms with Gasteiger partial charge in [-0.05, 0) is 46.9 Å². The number of nitriles is 1. The van der Waals surface area contributed by atoms with Gasteiger partial charge in [0.05, 0.1) is 34.6 Å². The van der Waals surface area contributed by atoms with E-state index in [9.17, 15) is 10.1 Å². The monoisotopic (exact) mass is 423 g/mol. The quantitative estimate of drug-likeness (QED) is 0.482. The van der Waals surface area contributed by atoms with Crippen molar-refractivity contribution in [3.63, 3.8) is 0 Å². The molecule has 2 aromatic carbocycles. The van der Waals surface area contributed by atoms with Crippen molar-refractivity contribution in [2.75, 3.05) is 0 Å². The van der Waals surface area contributed by atoms with Crippen LogP contribution in [0.1, 0.15) is 97.1 Å². The van der Waals surface area contributed by atoms with Gasteiger partial charge in [0, 0.05) is 12.3 Å². The summed E-state index contributed by atoms with van der Waals surface area (Å²) in [5.74, 6) is 0.795. The average molecular weight is 424 g/mol. The molecule has 4 heteroatoms. The normalized spacial score (nSPS) is 23.6.